The van der Waals surface area contributed by atoms with Crippen LogP contribution in [0.1, 0.15) is 55.6 Å². The molecule has 7 aromatic heterocycles. The number of ketones is 1. The molecular formula is C82H78BBrN9O9S3Si. The Morgan fingerprint density at radius 2 is 1.07 bits per heavy atom. The molecule has 0 saturated carbocycles. The summed E-state index contributed by atoms with van der Waals surface area (Å²) in [7, 11) is -1.15. The number of phenolic OH excluding ortho intramolecular Hbond substituents is 2. The average Bonchev–Trinajstić information content (AvgIpc) is 1.59. The number of hydrogen-bond donors (Lipinski definition) is 7. The first-order valence-electron chi connectivity index (χ1n) is 33.8. The minimum absolute atomic E-state index is 0.0475. The van der Waals surface area contributed by atoms with Gasteiger partial charge in [-0.25, -0.2) is 29.9 Å². The van der Waals surface area contributed by atoms with Gasteiger partial charge in [0.15, 0.2) is 17.2 Å². The Kier molecular flexibility index (Phi) is 24.9. The normalized spacial score (nSPS) is 11.5. The largest absolute Gasteiger partial charge is 0.569 e. The summed E-state index contributed by atoms with van der Waals surface area (Å²) in [5, 5.41) is 57.8. The number of ether oxygens (including phenoxy) is 1. The number of phenols is 2. The molecule has 24 heteroatoms. The molecular weight excluding hydrogens is 1470 g/mol. The molecule has 0 amide bonds. The first-order chi connectivity index (χ1) is 50.9. The predicted molar refractivity (Wildman–Crippen MR) is 436 cm³/mol. The van der Waals surface area contributed by atoms with Gasteiger partial charge in [-0.2, -0.15) is 0 Å². The molecule has 0 bridgehead atoms. The molecule has 0 fully saturated rings. The number of nitrogens with zero attached hydrogens (tertiary/aromatic N) is 7. The van der Waals surface area contributed by atoms with Crippen LogP contribution in [0.3, 0.4) is 0 Å². The Morgan fingerprint density at radius 1 is 0.594 bits per heavy atom. The van der Waals surface area contributed by atoms with E-state index in [4.69, 9.17) is 45.3 Å². The van der Waals surface area contributed by atoms with Crippen molar-refractivity contribution in [3.63, 3.8) is 0 Å². The quantitative estimate of drug-likeness (QED) is 0.0350. The molecule has 8 aromatic carbocycles. The number of thiophene rings is 3. The first-order valence-corrected chi connectivity index (χ1v) is 40.1. The lowest BCUT2D eigenvalue weighted by Gasteiger charge is -2.36. The predicted octanol–water partition coefficient (Wildman–Crippen LogP) is 19.0. The van der Waals surface area contributed by atoms with Gasteiger partial charge >= 0.3 is 7.69 Å². The molecule has 15 rings (SSSR count). The lowest BCUT2D eigenvalue weighted by atomic mass is 10.1. The van der Waals surface area contributed by atoms with Gasteiger partial charge in [-0.3, -0.25) is 9.20 Å². The molecule has 1 unspecified atom stereocenters. The van der Waals surface area contributed by atoms with Crippen LogP contribution >= 0.6 is 49.9 Å². The van der Waals surface area contributed by atoms with Crippen LogP contribution in [0.5, 0.6) is 28.9 Å². The van der Waals surface area contributed by atoms with Crippen LogP contribution in [-0.4, -0.2) is 94.4 Å². The molecule has 18 nitrogen and oxygen atoms in total. The van der Waals surface area contributed by atoms with Gasteiger partial charge in [-0.15, -0.1) is 34.0 Å². The molecule has 9 N–H and O–H groups in total. The number of aliphatic hydroxyl groups excluding tert-OH is 1. The summed E-state index contributed by atoms with van der Waals surface area (Å²) in [6.07, 6.45) is 4.40. The third-order valence-corrected chi connectivity index (χ3v) is 25.4. The van der Waals surface area contributed by atoms with Crippen molar-refractivity contribution in [1.82, 2.24) is 34.3 Å². The van der Waals surface area contributed by atoms with Crippen molar-refractivity contribution in [3.05, 3.63) is 261 Å². The maximum Gasteiger partial charge on any atom is 0.569 e. The van der Waals surface area contributed by atoms with Gasteiger partial charge in [0.2, 0.25) is 20.5 Å². The number of aliphatic hydroxyl groups is 1. The number of benzene rings is 8. The van der Waals surface area contributed by atoms with E-state index in [-0.39, 0.29) is 34.6 Å². The van der Waals surface area contributed by atoms with Crippen molar-refractivity contribution in [3.8, 4) is 85.2 Å². The number of aromatic nitrogens is 7. The van der Waals surface area contributed by atoms with E-state index in [0.29, 0.717) is 65.4 Å². The minimum atomic E-state index is -1.85. The summed E-state index contributed by atoms with van der Waals surface area (Å²) >= 11 is 8.19. The standard InChI is InChI=1S/C27H19N3O3S.C19H15N3S.C17H28O4Si.C11H10BrN3.C8H6BO2S/c31-18-9-5-16(6-10-18)13-22-27(33)30-14-23(17-7-11-19(32)12-8-17)28-25(26(30)29-22)21-15-34-24-4-2-1-3-20(21)24;1-12-6-8-13(9-7-12)16-10-21-19(20)18(22-16)15-11-23-17-5-3-2-4-14(15)17;1-7-20-16(19)15(18)12-13-8-10-14(11-9-13)21-22(5,6)17(2,3)4;1-7-2-4-8(5-3-7)9-6-14-11(13)10(12)15-9;10-9-11-7-5-12-8-4-2-1-3-6(7)8/h1-12,14-15,31-33H,13H2;2-11H,1H3,(H2,20,21);8-11,16,19H,7,12H2,1-6H3;2-6H,1H3,(H2,13,14);1-5,10H. The number of carbonyl (C=O) groups is 1. The van der Waals surface area contributed by atoms with Gasteiger partial charge in [0.25, 0.3) is 0 Å². The van der Waals surface area contributed by atoms with Crippen LogP contribution in [-0.2, 0) is 22.4 Å². The summed E-state index contributed by atoms with van der Waals surface area (Å²) in [6.45, 7) is 17.2. The Hall–Kier alpha value is -10.7. The fourth-order valence-corrected chi connectivity index (χ4v) is 14.8. The molecule has 0 aliphatic rings. The van der Waals surface area contributed by atoms with Crippen molar-refractivity contribution in [1.29, 1.82) is 0 Å². The van der Waals surface area contributed by atoms with E-state index in [1.807, 2.05) is 121 Å². The van der Waals surface area contributed by atoms with E-state index in [1.54, 1.807) is 100 Å². The molecule has 106 heavy (non-hydrogen) atoms. The number of aromatic hydroxyl groups is 3. The van der Waals surface area contributed by atoms with E-state index in [9.17, 15) is 25.2 Å². The van der Waals surface area contributed by atoms with Gasteiger partial charge in [0.05, 0.1) is 29.5 Å². The summed E-state index contributed by atoms with van der Waals surface area (Å²) < 4.78 is 21.8. The van der Waals surface area contributed by atoms with E-state index in [2.05, 4.69) is 131 Å². The fourth-order valence-electron chi connectivity index (χ4n) is 10.7. The lowest BCUT2D eigenvalue weighted by molar-refractivity contribution is -0.154. The number of halogens is 1. The van der Waals surface area contributed by atoms with Gasteiger partial charge < -0.3 is 50.7 Å². The molecule has 537 valence electrons. The number of Topliss-reactive ketones (excluding diaryl/α,β-unsaturated/α-hetero) is 1. The maximum absolute atomic E-state index is 11.7. The minimum Gasteiger partial charge on any atom is -0.544 e. The van der Waals surface area contributed by atoms with Crippen molar-refractivity contribution >= 4 is 119 Å². The van der Waals surface area contributed by atoms with Crippen LogP contribution in [0.2, 0.25) is 18.1 Å². The number of hydrogen-bond acceptors (Lipinski definition) is 20. The molecule has 7 heterocycles. The number of anilines is 2. The molecule has 15 aromatic rings. The first kappa shape index (κ1) is 76.5. The summed E-state index contributed by atoms with van der Waals surface area (Å²) in [4.78, 5) is 39.0. The van der Waals surface area contributed by atoms with E-state index >= 15 is 0 Å². The summed E-state index contributed by atoms with van der Waals surface area (Å²) in [5.41, 5.74) is 25.6. The number of imidazole rings is 1. The van der Waals surface area contributed by atoms with Crippen LogP contribution in [0, 0.1) is 13.8 Å². The zero-order valence-electron chi connectivity index (χ0n) is 59.5. The highest BCUT2D eigenvalue weighted by atomic mass is 79.9. The molecule has 1 radical (unpaired) electrons. The maximum atomic E-state index is 11.7. The number of carbonyl (C=O) groups excluding carboxylic acids is 1. The Bertz CT molecular complexity index is 5490. The molecule has 0 saturated heterocycles. The highest BCUT2D eigenvalue weighted by molar-refractivity contribution is 9.10. The number of nitrogen functional groups attached to an aromatic ring is 2. The highest BCUT2D eigenvalue weighted by Crippen LogP contribution is 2.41. The third kappa shape index (κ3) is 18.9. The summed E-state index contributed by atoms with van der Waals surface area (Å²) in [6, 6.07) is 61.9. The fraction of sp³-hybridized carbons (Fsp3) is 0.159. The van der Waals surface area contributed by atoms with Gasteiger partial charge in [0, 0.05) is 99.9 Å². The number of nitrogens with two attached hydrogens (primary N) is 2. The molecule has 0 aliphatic heterocycles. The Labute approximate surface area is 636 Å². The Balaban J connectivity index is 0.000000138. The molecule has 0 aliphatic carbocycles. The third-order valence-electron chi connectivity index (χ3n) is 17.6. The SMILES string of the molecule is CCOC(O)C(=O)Cc1ccc(O[Si](C)(C)C(C)(C)C)cc1.Cc1ccc(-c2cnc(N)c(-c3csc4ccccc34)n2)cc1.Cc1ccc(-c2cnc(N)c(Br)n2)cc1.O[B]Oc1csc2ccccc12.Oc1ccc(Cc2nc3c(-c4csc5ccccc45)nc(-c4ccc(O)cc4)cn3c2O)cc1. The zero-order valence-corrected chi connectivity index (χ0v) is 64.5. The summed E-state index contributed by atoms with van der Waals surface area (Å²) in [5.74, 6) is 2.49. The highest BCUT2D eigenvalue weighted by Gasteiger charge is 2.39. The van der Waals surface area contributed by atoms with E-state index in [0.717, 1.165) is 81.9 Å². The molecule has 0 spiro atoms. The van der Waals surface area contributed by atoms with Crippen molar-refractivity contribution in [2.24, 2.45) is 0 Å². The number of aryl methyl sites for hydroxylation is 2. The van der Waals surface area contributed by atoms with E-state index in [1.165, 1.54) is 21.2 Å². The van der Waals surface area contributed by atoms with Gasteiger partial charge in [0.1, 0.15) is 50.5 Å². The van der Waals surface area contributed by atoms with Gasteiger partial charge in [-0.05, 0) is 139 Å². The van der Waals surface area contributed by atoms with Gasteiger partial charge in [-0.1, -0.05) is 153 Å². The van der Waals surface area contributed by atoms with Crippen LogP contribution < -0.4 is 20.5 Å². The number of rotatable bonds is 16. The molecule has 1 atom stereocenters. The van der Waals surface area contributed by atoms with Crippen molar-refractivity contribution in [2.45, 2.75) is 78.8 Å². The van der Waals surface area contributed by atoms with Crippen LogP contribution in [0.4, 0.5) is 11.6 Å². The van der Waals surface area contributed by atoms with E-state index < -0.39 is 14.6 Å². The lowest BCUT2D eigenvalue weighted by Crippen LogP contribution is -2.43. The second-order valence-corrected chi connectivity index (χ2v) is 34.4. The monoisotopic (exact) mass is 1550 g/mol. The topological polar surface area (TPSA) is 280 Å². The zero-order chi connectivity index (χ0) is 75.2. The number of fused-ring (bicyclic) bond motifs is 4. The second kappa shape index (κ2) is 34.5. The van der Waals surface area contributed by atoms with Crippen LogP contribution in [0.25, 0.3) is 92.2 Å². The van der Waals surface area contributed by atoms with Crippen LogP contribution in [0.15, 0.2) is 233 Å². The second-order valence-electron chi connectivity index (χ2n) is 26.2. The van der Waals surface area contributed by atoms with Crippen molar-refractivity contribution in [2.75, 3.05) is 18.1 Å². The van der Waals surface area contributed by atoms with Crippen molar-refractivity contribution < 1.29 is 44.1 Å². The smallest absolute Gasteiger partial charge is 0.544 e. The average molecular weight is 1550 g/mol. The Morgan fingerprint density at radius 3 is 1.61 bits per heavy atom.